The summed E-state index contributed by atoms with van der Waals surface area (Å²) >= 11 is 0. The summed E-state index contributed by atoms with van der Waals surface area (Å²) in [7, 11) is 3.72. The van der Waals surface area contributed by atoms with E-state index in [1.165, 1.54) is 17.5 Å². The van der Waals surface area contributed by atoms with Gasteiger partial charge >= 0.3 is 20.1 Å². The molecule has 4 heteroatoms. The van der Waals surface area contributed by atoms with Gasteiger partial charge in [0.1, 0.15) is 0 Å². The van der Waals surface area contributed by atoms with Crippen LogP contribution in [0.3, 0.4) is 0 Å². The van der Waals surface area contributed by atoms with Gasteiger partial charge in [0.15, 0.2) is 0 Å². The monoisotopic (exact) mass is 620 g/mol. The zero-order chi connectivity index (χ0) is 21.8. The number of hydrogen-bond donors (Lipinski definition) is 0. The van der Waals surface area contributed by atoms with Crippen molar-refractivity contribution in [3.8, 4) is 0 Å². The van der Waals surface area contributed by atoms with Crippen LogP contribution in [0, 0.1) is 31.1 Å². The molecule has 3 rings (SSSR count). The molecular weight excluding hydrogens is 573 g/mol. The van der Waals surface area contributed by atoms with Crippen molar-refractivity contribution in [2.24, 2.45) is 23.7 Å². The average Bonchev–Trinajstić information content (AvgIpc) is 3.00. The first-order valence-corrected chi connectivity index (χ1v) is 11.3. The maximum absolute atomic E-state index is 4.51. The van der Waals surface area contributed by atoms with Gasteiger partial charge in [-0.25, -0.2) is 0 Å². The number of nitrogens with zero attached hydrogens (tertiary/aromatic N) is 2. The molecule has 0 amide bonds. The van der Waals surface area contributed by atoms with Crippen molar-refractivity contribution >= 4 is 0 Å². The van der Waals surface area contributed by atoms with Gasteiger partial charge in [0.25, 0.3) is 0 Å². The van der Waals surface area contributed by atoms with E-state index in [1.54, 1.807) is 0 Å². The Kier molecular flexibility index (Phi) is 21.6. The van der Waals surface area contributed by atoms with Gasteiger partial charge in [0.05, 0.1) is 0 Å². The number of hydrogen-bond acceptors (Lipinski definition) is 0. The van der Waals surface area contributed by atoms with E-state index in [0.29, 0.717) is 0 Å². The minimum atomic E-state index is 0. The zero-order valence-electron chi connectivity index (χ0n) is 21.7. The molecule has 0 saturated heterocycles. The Morgan fingerprint density at radius 3 is 1.12 bits per heavy atom. The first kappa shape index (κ1) is 35.6. The standard InChI is InChI=1S/C16H18N2.C9H18.C2H6.CH3.Ir.H2O/c1-17-15(13-9-5-3-6-10-13)16(18-2)14-11-7-4-8-12-14;1-6-5-7(2)9(4)8(6)3;1-2;;;/h3-12,15-16H,1-2H3;6-9H,5H2,1-4H3;1-2H3;1H3;;1H2/q-2;;;-1;+3;/t15-,16?;;;;;/m1...../s1. The molecule has 0 spiro atoms. The third-order valence-corrected chi connectivity index (χ3v) is 6.51. The van der Waals surface area contributed by atoms with Crippen molar-refractivity contribution in [2.45, 2.75) is 60.0 Å². The fourth-order valence-electron chi connectivity index (χ4n) is 4.30. The van der Waals surface area contributed by atoms with Gasteiger partial charge in [-0.3, -0.25) is 0 Å². The van der Waals surface area contributed by atoms with Crippen molar-refractivity contribution in [2.75, 3.05) is 14.1 Å². The molecular formula is C28H47IrN2O. The summed E-state index contributed by atoms with van der Waals surface area (Å²) < 4.78 is 0. The van der Waals surface area contributed by atoms with E-state index >= 15 is 0 Å². The smallest absolute Gasteiger partial charge is 0.659 e. The van der Waals surface area contributed by atoms with Gasteiger partial charge < -0.3 is 23.5 Å². The number of rotatable bonds is 5. The number of benzene rings is 2. The molecule has 0 radical (unpaired) electrons. The Morgan fingerprint density at radius 1 is 0.656 bits per heavy atom. The van der Waals surface area contributed by atoms with E-state index in [9.17, 15) is 0 Å². The summed E-state index contributed by atoms with van der Waals surface area (Å²) in [4.78, 5) is 0. The first-order chi connectivity index (χ1) is 14.0. The molecule has 0 aromatic heterocycles. The molecule has 2 aromatic carbocycles. The first-order valence-electron chi connectivity index (χ1n) is 11.3. The Bertz CT molecular complexity index is 595. The molecule has 2 N–H and O–H groups in total. The molecule has 1 saturated carbocycles. The average molecular weight is 620 g/mol. The molecule has 1 fully saturated rings. The largest absolute Gasteiger partial charge is 3.00 e. The third kappa shape index (κ3) is 10.3. The molecule has 1 aliphatic carbocycles. The topological polar surface area (TPSA) is 59.7 Å². The number of likely N-dealkylation sites (N-methyl/N-ethyl adjacent to an activating group) is 2. The summed E-state index contributed by atoms with van der Waals surface area (Å²) in [6.07, 6.45) is 1.45. The molecule has 3 nitrogen and oxygen atoms in total. The fourth-order valence-corrected chi connectivity index (χ4v) is 4.30. The van der Waals surface area contributed by atoms with Crippen LogP contribution >= 0.6 is 0 Å². The van der Waals surface area contributed by atoms with Gasteiger partial charge in [0, 0.05) is 0 Å². The van der Waals surface area contributed by atoms with Crippen LogP contribution in [0.15, 0.2) is 60.7 Å². The van der Waals surface area contributed by atoms with Crippen molar-refractivity contribution in [3.05, 3.63) is 89.9 Å². The van der Waals surface area contributed by atoms with Crippen molar-refractivity contribution in [1.29, 1.82) is 0 Å². The maximum Gasteiger partial charge on any atom is 3.00 e. The summed E-state index contributed by atoms with van der Waals surface area (Å²) in [5.74, 6) is 3.85. The molecule has 32 heavy (non-hydrogen) atoms. The second-order valence-corrected chi connectivity index (χ2v) is 8.14. The Labute approximate surface area is 212 Å². The molecule has 0 aliphatic heterocycles. The van der Waals surface area contributed by atoms with Crippen LogP contribution in [0.5, 0.6) is 0 Å². The summed E-state index contributed by atoms with van der Waals surface area (Å²) in [6, 6.07) is 20.8. The van der Waals surface area contributed by atoms with Gasteiger partial charge in [0.2, 0.25) is 0 Å². The second-order valence-electron chi connectivity index (χ2n) is 8.14. The summed E-state index contributed by atoms with van der Waals surface area (Å²) in [5, 5.41) is 9.02. The normalized spacial score (nSPS) is 22.8. The van der Waals surface area contributed by atoms with Crippen LogP contribution in [0.2, 0.25) is 0 Å². The van der Waals surface area contributed by atoms with Gasteiger partial charge in [-0.2, -0.15) is 14.1 Å². The molecule has 184 valence electrons. The fraction of sp³-hybridized carbons (Fsp3) is 0.536. The van der Waals surface area contributed by atoms with Crippen LogP contribution < -0.4 is 0 Å². The van der Waals surface area contributed by atoms with Crippen molar-refractivity contribution in [3.63, 3.8) is 0 Å². The van der Waals surface area contributed by atoms with E-state index < -0.39 is 0 Å². The second kappa shape index (κ2) is 19.4. The van der Waals surface area contributed by atoms with E-state index in [-0.39, 0.29) is 45.1 Å². The van der Waals surface area contributed by atoms with Crippen molar-refractivity contribution < 1.29 is 25.6 Å². The zero-order valence-corrected chi connectivity index (χ0v) is 24.1. The molecule has 0 bridgehead atoms. The van der Waals surface area contributed by atoms with Crippen LogP contribution in [-0.4, -0.2) is 19.6 Å². The van der Waals surface area contributed by atoms with Crippen LogP contribution in [-0.2, 0) is 20.1 Å². The SMILES string of the molecule is CC.CC1CC(C)C(C)C1C.C[N-]C(c1ccccc1)[C@H]([N-]C)c1ccccc1.O.[CH3-].[Ir+3]. The van der Waals surface area contributed by atoms with Crippen LogP contribution in [0.1, 0.15) is 71.2 Å². The Morgan fingerprint density at radius 2 is 0.938 bits per heavy atom. The minimum absolute atomic E-state index is 0. The maximum atomic E-state index is 4.51. The van der Waals surface area contributed by atoms with Gasteiger partial charge in [-0.15, -0.1) is 12.1 Å². The third-order valence-electron chi connectivity index (χ3n) is 6.51. The van der Waals surface area contributed by atoms with E-state index in [2.05, 4.69) is 62.6 Å². The van der Waals surface area contributed by atoms with E-state index in [1.807, 2.05) is 64.3 Å². The Balaban J connectivity index is -0.000000517. The molecule has 0 heterocycles. The predicted octanol–water partition coefficient (Wildman–Crippen LogP) is 8.06. The molecule has 1 aliphatic rings. The molecule has 6 atom stereocenters. The molecule has 5 unspecified atom stereocenters. The Hall–Kier alpha value is -1.03. The van der Waals surface area contributed by atoms with E-state index in [4.69, 9.17) is 0 Å². The quantitative estimate of drug-likeness (QED) is 0.304. The van der Waals surface area contributed by atoms with Gasteiger partial charge in [-0.05, 0) is 30.1 Å². The van der Waals surface area contributed by atoms with Crippen LogP contribution in [0.4, 0.5) is 0 Å². The summed E-state index contributed by atoms with van der Waals surface area (Å²) in [6.45, 7) is 13.5. The molecule has 2 aromatic rings. The van der Waals surface area contributed by atoms with E-state index in [0.717, 1.165) is 23.7 Å². The predicted molar refractivity (Wildman–Crippen MR) is 140 cm³/mol. The van der Waals surface area contributed by atoms with Gasteiger partial charge in [-0.1, -0.05) is 113 Å². The van der Waals surface area contributed by atoms with Crippen LogP contribution in [0.25, 0.3) is 10.6 Å². The van der Waals surface area contributed by atoms with Crippen molar-refractivity contribution in [1.82, 2.24) is 0 Å². The summed E-state index contributed by atoms with van der Waals surface area (Å²) in [5.41, 5.74) is 2.42. The minimum Gasteiger partial charge on any atom is -0.659 e.